The van der Waals surface area contributed by atoms with Gasteiger partial charge < -0.3 is 96.2 Å². The molecule has 6 fully saturated rings. The average Bonchev–Trinajstić information content (AvgIpc) is 1.40. The van der Waals surface area contributed by atoms with Crippen molar-refractivity contribution in [2.75, 3.05) is 79.8 Å². The van der Waals surface area contributed by atoms with E-state index in [-0.39, 0.29) is 99.4 Å². The molecule has 130 heavy (non-hydrogen) atoms. The second kappa shape index (κ2) is 41.7. The van der Waals surface area contributed by atoms with E-state index in [9.17, 15) is 34.8 Å². The van der Waals surface area contributed by atoms with Crippen molar-refractivity contribution in [1.82, 2.24) is 0 Å². The quantitative estimate of drug-likeness (QED) is 0.0332. The van der Waals surface area contributed by atoms with Gasteiger partial charge in [0.05, 0.1) is 66.1 Å². The number of aliphatic hydroxyl groups is 4. The molecule has 6 aliphatic heterocycles. The molecule has 6 saturated heterocycles. The Kier molecular flexibility index (Phi) is 29.0. The molecule has 23 nitrogen and oxygen atoms in total. The van der Waals surface area contributed by atoms with E-state index in [0.29, 0.717) is 33.0 Å². The highest BCUT2D eigenvalue weighted by Crippen LogP contribution is 2.50. The van der Waals surface area contributed by atoms with Gasteiger partial charge in [-0.3, -0.25) is 0 Å². The molecule has 11 aromatic carbocycles. The lowest BCUT2D eigenvalue weighted by atomic mass is 9.80. The van der Waals surface area contributed by atoms with Crippen LogP contribution in [0.2, 0.25) is 0 Å². The number of fused-ring (bicyclic) bond motifs is 11. The predicted octanol–water partition coefficient (Wildman–Crippen LogP) is 17.4. The van der Waals surface area contributed by atoms with E-state index >= 15 is 0 Å². The van der Waals surface area contributed by atoms with Crippen LogP contribution in [0.15, 0.2) is 291 Å². The minimum atomic E-state index is -1.15. The first-order chi connectivity index (χ1) is 63.5. The summed E-state index contributed by atoms with van der Waals surface area (Å²) in [5.41, 5.74) is 17.3. The van der Waals surface area contributed by atoms with Gasteiger partial charge in [-0.05, 0) is 95.6 Å². The van der Waals surface area contributed by atoms with Crippen molar-refractivity contribution in [3.05, 3.63) is 352 Å². The fourth-order valence-electron chi connectivity index (χ4n) is 19.2. The third kappa shape index (κ3) is 19.6. The molecule has 3 aliphatic carbocycles. The zero-order valence-corrected chi connectivity index (χ0v) is 73.2. The van der Waals surface area contributed by atoms with Crippen LogP contribution in [-0.2, 0) is 76.7 Å². The first kappa shape index (κ1) is 90.4. The van der Waals surface area contributed by atoms with Crippen molar-refractivity contribution in [3.8, 4) is 39.1 Å². The SMILES string of the molecule is CC1COC(CO)C(O)[C@@H]1OC(=O)OCC1c2ccccc2-c2ccccc21.CC1COC2COC(c3ccccc3)OC2[C@@H]1OC(=O)OCC1c2ccccc2-c2ccccc21.CC1COC2COC(c3ccccc3)OC2[C@H]1O.COc1ccc(C(OCC2OCC(C)[C@@H](OC(=O)OCC3c4ccccc4-c4ccccc43)C2O)(c2ccccc2)c2ccccc2)cc1. The lowest BCUT2D eigenvalue weighted by molar-refractivity contribution is -0.308. The van der Waals surface area contributed by atoms with Gasteiger partial charge in [0.2, 0.25) is 0 Å². The smallest absolute Gasteiger partial charge is 0.497 e. The molecule has 20 rings (SSSR count). The molecule has 0 spiro atoms. The van der Waals surface area contributed by atoms with E-state index in [2.05, 4.69) is 60.7 Å². The lowest BCUT2D eigenvalue weighted by Gasteiger charge is -2.45. The van der Waals surface area contributed by atoms with Crippen LogP contribution >= 0.6 is 0 Å². The second-order valence-corrected chi connectivity index (χ2v) is 34.5. The molecule has 0 aromatic heterocycles. The van der Waals surface area contributed by atoms with Crippen LogP contribution < -0.4 is 4.74 Å². The molecule has 9 aliphatic rings. The Bertz CT molecular complexity index is 5390. The fraction of sp³-hybridized carbons (Fsp3) is 0.355. The summed E-state index contributed by atoms with van der Waals surface area (Å²) in [6.45, 7) is 10.3. The van der Waals surface area contributed by atoms with Gasteiger partial charge in [0.1, 0.15) is 98.3 Å². The van der Waals surface area contributed by atoms with Gasteiger partial charge >= 0.3 is 18.5 Å². The van der Waals surface area contributed by atoms with Gasteiger partial charge in [0, 0.05) is 52.6 Å². The Balaban J connectivity index is 0.000000128. The third-order valence-corrected chi connectivity index (χ3v) is 26.1. The molecule has 23 heteroatoms. The largest absolute Gasteiger partial charge is 0.508 e. The highest BCUT2D eigenvalue weighted by Gasteiger charge is 2.50. The first-order valence-corrected chi connectivity index (χ1v) is 44.7. The Hall–Kier alpha value is -11.5. The number of aliphatic hydroxyl groups excluding tert-OH is 4. The lowest BCUT2D eigenvalue weighted by Crippen LogP contribution is -2.56. The van der Waals surface area contributed by atoms with E-state index in [0.717, 1.165) is 78.1 Å². The molecule has 0 bridgehead atoms. The summed E-state index contributed by atoms with van der Waals surface area (Å²) in [5, 5.41) is 41.3. The maximum Gasteiger partial charge on any atom is 0.508 e. The average molecular weight is 1760 g/mol. The van der Waals surface area contributed by atoms with E-state index in [4.69, 9.17) is 75.8 Å². The number of benzene rings is 11. The molecular formula is C107H110O23. The number of hydrogen-bond donors (Lipinski definition) is 4. The van der Waals surface area contributed by atoms with Crippen molar-refractivity contribution in [2.45, 2.75) is 137 Å². The Morgan fingerprint density at radius 1 is 0.331 bits per heavy atom. The van der Waals surface area contributed by atoms with Crippen molar-refractivity contribution in [2.24, 2.45) is 23.7 Å². The number of methoxy groups -OCH3 is 1. The summed E-state index contributed by atoms with van der Waals surface area (Å²) in [7, 11) is 1.64. The fourth-order valence-corrected chi connectivity index (χ4v) is 19.2. The first-order valence-electron chi connectivity index (χ1n) is 44.7. The summed E-state index contributed by atoms with van der Waals surface area (Å²) in [6, 6.07) is 96.3. The number of ether oxygens (including phenoxy) is 16. The number of rotatable bonds is 19. The van der Waals surface area contributed by atoms with Crippen LogP contribution in [0.4, 0.5) is 14.4 Å². The van der Waals surface area contributed by atoms with E-state index in [1.165, 1.54) is 22.3 Å². The van der Waals surface area contributed by atoms with E-state index in [1.54, 1.807) is 7.11 Å². The van der Waals surface area contributed by atoms with E-state index in [1.807, 2.05) is 258 Å². The van der Waals surface area contributed by atoms with Gasteiger partial charge in [-0.1, -0.05) is 307 Å². The Morgan fingerprint density at radius 3 is 1.04 bits per heavy atom. The Labute approximate surface area is 756 Å². The van der Waals surface area contributed by atoms with Crippen LogP contribution in [0.1, 0.15) is 119 Å². The van der Waals surface area contributed by atoms with Crippen LogP contribution in [0.3, 0.4) is 0 Å². The van der Waals surface area contributed by atoms with Crippen LogP contribution in [0.5, 0.6) is 5.75 Å². The summed E-state index contributed by atoms with van der Waals surface area (Å²) in [4.78, 5) is 38.4. The second-order valence-electron chi connectivity index (χ2n) is 34.5. The molecule has 11 aromatic rings. The standard InChI is InChI=1S/C42H40O7.C29H28O6.C22H24O6.C14H18O4/c1-28-25-46-38(39(43)40(28)49-41(44)47-26-37-35-19-11-9-17-33(35)34-18-10-12-20-36(34)37)27-48-42(29-13-5-3-6-14-29,30-15-7-4-8-16-30)31-21-23-32(45-2)24-22-31;1-18-15-31-25-17-32-28(19-9-3-2-4-10-19)34-27(25)26(18)35-29(30)33-16-24-22-13-7-5-11-20(22)21-12-6-8-14-23(21)24;1-13-11-26-19(10-23)20(24)21(13)28-22(25)27-12-18-16-8-4-2-6-14(16)15-7-3-5-9-17(15)18;1-9-7-16-11-8-17-14(18-13(11)12(9)15)10-5-3-2-4-6-10/h3-24,28,37-40,43H,25-27H2,1-2H3;2-14,18,24-28H,15-17H2,1H3;2-9,13,18-21,23-24H,10-12H2,1H3;2-6,9,11-15H,7-8H2,1H3/t28?,38?,39?,40-;18?,25?,26-,27?,28?;13?,19?,20?,21-;9?,11?,12-,13?,14?/m1110/s1. The minimum Gasteiger partial charge on any atom is -0.497 e. The van der Waals surface area contributed by atoms with Crippen molar-refractivity contribution >= 4 is 18.5 Å². The van der Waals surface area contributed by atoms with Crippen LogP contribution in [-0.4, -0.2) is 192 Å². The molecule has 0 amide bonds. The monoisotopic (exact) mass is 1760 g/mol. The molecule has 18 atom stereocenters. The molecule has 4 N–H and O–H groups in total. The molecule has 676 valence electrons. The summed E-state index contributed by atoms with van der Waals surface area (Å²) < 4.78 is 93.0. The number of hydrogen-bond acceptors (Lipinski definition) is 23. The molecule has 0 radical (unpaired) electrons. The summed E-state index contributed by atoms with van der Waals surface area (Å²) in [5.74, 6) is 0.164. The van der Waals surface area contributed by atoms with E-state index < -0.39 is 91.6 Å². The predicted molar refractivity (Wildman–Crippen MR) is 482 cm³/mol. The highest BCUT2D eigenvalue weighted by atomic mass is 16.8. The zero-order valence-electron chi connectivity index (χ0n) is 73.2. The maximum absolute atomic E-state index is 13.2. The third-order valence-electron chi connectivity index (χ3n) is 26.1. The van der Waals surface area contributed by atoms with Crippen LogP contribution in [0, 0.1) is 23.7 Å². The number of carbonyl (C=O) groups excluding carboxylic acids is 3. The van der Waals surface area contributed by atoms with Gasteiger partial charge in [0.15, 0.2) is 12.6 Å². The van der Waals surface area contributed by atoms with Crippen LogP contribution in [0.25, 0.3) is 33.4 Å². The topological polar surface area (TPSA) is 280 Å². The zero-order chi connectivity index (χ0) is 89.8. The summed E-state index contributed by atoms with van der Waals surface area (Å²) >= 11 is 0. The summed E-state index contributed by atoms with van der Waals surface area (Å²) in [6.07, 6.45) is -10.8. The maximum atomic E-state index is 13.2. The van der Waals surface area contributed by atoms with Gasteiger partial charge in [-0.15, -0.1) is 0 Å². The highest BCUT2D eigenvalue weighted by molar-refractivity contribution is 5.81. The van der Waals surface area contributed by atoms with Crippen molar-refractivity contribution < 1.29 is 111 Å². The van der Waals surface area contributed by atoms with Gasteiger partial charge in [-0.25, -0.2) is 14.4 Å². The van der Waals surface area contributed by atoms with Gasteiger partial charge in [-0.2, -0.15) is 0 Å². The molecule has 6 heterocycles. The molecular weight excluding hydrogens is 1650 g/mol. The van der Waals surface area contributed by atoms with Gasteiger partial charge in [0.25, 0.3) is 0 Å². The number of carbonyl (C=O) groups is 3. The Morgan fingerprint density at radius 2 is 0.646 bits per heavy atom. The normalized spacial score (nSPS) is 26.3. The molecule has 14 unspecified atom stereocenters. The minimum absolute atomic E-state index is 0.0170. The van der Waals surface area contributed by atoms with Crippen molar-refractivity contribution in [3.63, 3.8) is 0 Å². The molecule has 0 saturated carbocycles. The van der Waals surface area contributed by atoms with Crippen molar-refractivity contribution in [1.29, 1.82) is 0 Å².